The first kappa shape index (κ1) is 21.8. The lowest BCUT2D eigenvalue weighted by Gasteiger charge is -2.32. The van der Waals surface area contributed by atoms with Crippen LogP contribution in [0.4, 0.5) is 0 Å². The molecule has 1 aromatic carbocycles. The monoisotopic (exact) mass is 393 g/mol. The van der Waals surface area contributed by atoms with Crippen LogP contribution < -0.4 is 25.3 Å². The Labute approximate surface area is 166 Å². The first-order valence-electron chi connectivity index (χ1n) is 9.59. The Morgan fingerprint density at radius 2 is 1.93 bits per heavy atom. The van der Waals surface area contributed by atoms with Crippen molar-refractivity contribution in [2.24, 2.45) is 11.7 Å². The molecule has 1 aliphatic rings. The minimum atomic E-state index is -0.167. The zero-order chi connectivity index (χ0) is 20.5. The molecule has 0 radical (unpaired) electrons. The zero-order valence-corrected chi connectivity index (χ0v) is 17.0. The number of benzene rings is 1. The summed E-state index contributed by atoms with van der Waals surface area (Å²) >= 11 is 0. The quantitative estimate of drug-likeness (QED) is 0.648. The Morgan fingerprint density at radius 3 is 2.57 bits per heavy atom. The molecule has 8 heteroatoms. The van der Waals surface area contributed by atoms with Gasteiger partial charge in [0.05, 0.1) is 27.2 Å². The van der Waals surface area contributed by atoms with Gasteiger partial charge < -0.3 is 30.2 Å². The summed E-state index contributed by atoms with van der Waals surface area (Å²) in [6, 6.07) is 3.69. The normalized spacial score (nSPS) is 16.4. The molecular formula is C20H31N3O5. The van der Waals surface area contributed by atoms with E-state index in [9.17, 15) is 9.59 Å². The summed E-state index contributed by atoms with van der Waals surface area (Å²) in [4.78, 5) is 26.7. The molecule has 1 atom stereocenters. The standard InChI is InChI=1S/C20H31N3O5/c1-26-16-8-6-14(18(27-2)19(16)28-3)7-9-17(24)23-12-4-5-15(13-23)20(25)22-11-10-21/h6,8,15H,4-5,7,9-13,21H2,1-3H3,(H,22,25). The van der Waals surface area contributed by atoms with E-state index in [-0.39, 0.29) is 17.7 Å². The smallest absolute Gasteiger partial charge is 0.224 e. The topological polar surface area (TPSA) is 103 Å². The molecule has 3 N–H and O–H groups in total. The maximum Gasteiger partial charge on any atom is 0.224 e. The second-order valence-electron chi connectivity index (χ2n) is 6.75. The fraction of sp³-hybridized carbons (Fsp3) is 0.600. The van der Waals surface area contributed by atoms with E-state index < -0.39 is 0 Å². The molecule has 1 aliphatic heterocycles. The van der Waals surface area contributed by atoms with Crippen molar-refractivity contribution in [3.63, 3.8) is 0 Å². The number of amides is 2. The summed E-state index contributed by atoms with van der Waals surface area (Å²) in [6.07, 6.45) is 2.47. The van der Waals surface area contributed by atoms with Crippen molar-refractivity contribution in [1.82, 2.24) is 10.2 Å². The van der Waals surface area contributed by atoms with Crippen LogP contribution >= 0.6 is 0 Å². The number of piperidine rings is 1. The number of carbonyl (C=O) groups is 2. The summed E-state index contributed by atoms with van der Waals surface area (Å²) in [5.74, 6) is 1.52. The van der Waals surface area contributed by atoms with Gasteiger partial charge in [0.2, 0.25) is 17.6 Å². The van der Waals surface area contributed by atoms with Gasteiger partial charge >= 0.3 is 0 Å². The van der Waals surface area contributed by atoms with Gasteiger partial charge in [0.1, 0.15) is 0 Å². The van der Waals surface area contributed by atoms with E-state index in [2.05, 4.69) is 5.32 Å². The van der Waals surface area contributed by atoms with E-state index in [1.165, 1.54) is 0 Å². The van der Waals surface area contributed by atoms with Crippen molar-refractivity contribution < 1.29 is 23.8 Å². The molecule has 28 heavy (non-hydrogen) atoms. The summed E-state index contributed by atoms with van der Waals surface area (Å²) < 4.78 is 16.2. The number of ether oxygens (including phenoxy) is 3. The lowest BCUT2D eigenvalue weighted by atomic mass is 9.96. The first-order chi connectivity index (χ1) is 13.5. The Bertz CT molecular complexity index is 680. The molecule has 2 rings (SSSR count). The highest BCUT2D eigenvalue weighted by Crippen LogP contribution is 2.40. The minimum Gasteiger partial charge on any atom is -0.493 e. The van der Waals surface area contributed by atoms with Crippen LogP contribution in [0.1, 0.15) is 24.8 Å². The van der Waals surface area contributed by atoms with E-state index in [1.54, 1.807) is 32.3 Å². The highest BCUT2D eigenvalue weighted by molar-refractivity contribution is 5.81. The Hall–Kier alpha value is -2.48. The fourth-order valence-electron chi connectivity index (χ4n) is 3.52. The molecule has 1 aromatic rings. The molecule has 156 valence electrons. The number of rotatable bonds is 9. The SMILES string of the molecule is COc1ccc(CCC(=O)N2CCCC(C(=O)NCCN)C2)c(OC)c1OC. The minimum absolute atomic E-state index is 0.0236. The van der Waals surface area contributed by atoms with E-state index in [0.29, 0.717) is 56.3 Å². The number of nitrogens with zero attached hydrogens (tertiary/aromatic N) is 1. The molecule has 8 nitrogen and oxygen atoms in total. The molecule has 2 amide bonds. The molecule has 1 heterocycles. The predicted molar refractivity (Wildman–Crippen MR) is 106 cm³/mol. The molecule has 0 saturated carbocycles. The highest BCUT2D eigenvalue weighted by Gasteiger charge is 2.28. The van der Waals surface area contributed by atoms with E-state index >= 15 is 0 Å². The van der Waals surface area contributed by atoms with Gasteiger partial charge in [-0.15, -0.1) is 0 Å². The number of hydrogen-bond acceptors (Lipinski definition) is 6. The summed E-state index contributed by atoms with van der Waals surface area (Å²) in [6.45, 7) is 2.01. The number of likely N-dealkylation sites (tertiary alicyclic amines) is 1. The number of carbonyl (C=O) groups excluding carboxylic acids is 2. The van der Waals surface area contributed by atoms with Gasteiger partial charge in [-0.3, -0.25) is 9.59 Å². The van der Waals surface area contributed by atoms with Crippen molar-refractivity contribution in [1.29, 1.82) is 0 Å². The van der Waals surface area contributed by atoms with E-state index in [4.69, 9.17) is 19.9 Å². The van der Waals surface area contributed by atoms with Gasteiger partial charge in [-0.1, -0.05) is 6.07 Å². The summed E-state index contributed by atoms with van der Waals surface area (Å²) in [7, 11) is 4.69. The molecule has 0 aromatic heterocycles. The predicted octanol–water partition coefficient (Wildman–Crippen LogP) is 0.959. The summed E-state index contributed by atoms with van der Waals surface area (Å²) in [5, 5.41) is 2.81. The van der Waals surface area contributed by atoms with Crippen LogP contribution in [0.3, 0.4) is 0 Å². The number of nitrogens with one attached hydrogen (secondary N) is 1. The lowest BCUT2D eigenvalue weighted by molar-refractivity contribution is -0.135. The lowest BCUT2D eigenvalue weighted by Crippen LogP contribution is -2.46. The van der Waals surface area contributed by atoms with Gasteiger partial charge in [0.15, 0.2) is 11.5 Å². The van der Waals surface area contributed by atoms with Crippen molar-refractivity contribution in [2.75, 3.05) is 47.5 Å². The van der Waals surface area contributed by atoms with Gasteiger partial charge in [0, 0.05) is 32.6 Å². The van der Waals surface area contributed by atoms with Crippen LogP contribution in [-0.2, 0) is 16.0 Å². The van der Waals surface area contributed by atoms with Crippen LogP contribution in [0, 0.1) is 5.92 Å². The maximum absolute atomic E-state index is 12.7. The first-order valence-corrected chi connectivity index (χ1v) is 9.59. The highest BCUT2D eigenvalue weighted by atomic mass is 16.5. The molecule has 0 spiro atoms. The van der Waals surface area contributed by atoms with Crippen molar-refractivity contribution in [3.8, 4) is 17.2 Å². The molecule has 1 unspecified atom stereocenters. The van der Waals surface area contributed by atoms with Gasteiger partial charge in [-0.2, -0.15) is 0 Å². The number of aryl methyl sites for hydroxylation is 1. The largest absolute Gasteiger partial charge is 0.493 e. The molecule has 1 fully saturated rings. The van der Waals surface area contributed by atoms with Crippen LogP contribution in [0.2, 0.25) is 0 Å². The van der Waals surface area contributed by atoms with Crippen LogP contribution in [0.25, 0.3) is 0 Å². The third-order valence-corrected chi connectivity index (χ3v) is 4.98. The third kappa shape index (κ3) is 5.28. The number of hydrogen-bond donors (Lipinski definition) is 2. The Balaban J connectivity index is 1.99. The average Bonchev–Trinajstić information content (AvgIpc) is 2.74. The molecule has 0 aliphatic carbocycles. The van der Waals surface area contributed by atoms with Crippen LogP contribution in [0.15, 0.2) is 12.1 Å². The zero-order valence-electron chi connectivity index (χ0n) is 17.0. The molecular weight excluding hydrogens is 362 g/mol. The molecule has 1 saturated heterocycles. The second-order valence-corrected chi connectivity index (χ2v) is 6.75. The number of methoxy groups -OCH3 is 3. The van der Waals surface area contributed by atoms with Crippen molar-refractivity contribution >= 4 is 11.8 Å². The van der Waals surface area contributed by atoms with Gasteiger partial charge in [0.25, 0.3) is 0 Å². The summed E-state index contributed by atoms with van der Waals surface area (Å²) in [5.41, 5.74) is 6.31. The van der Waals surface area contributed by atoms with Gasteiger partial charge in [-0.25, -0.2) is 0 Å². The van der Waals surface area contributed by atoms with Crippen LogP contribution in [-0.4, -0.2) is 64.2 Å². The Morgan fingerprint density at radius 1 is 1.18 bits per heavy atom. The fourth-order valence-corrected chi connectivity index (χ4v) is 3.52. The molecule has 0 bridgehead atoms. The average molecular weight is 393 g/mol. The number of nitrogens with two attached hydrogens (primary N) is 1. The van der Waals surface area contributed by atoms with Crippen LogP contribution in [0.5, 0.6) is 17.2 Å². The van der Waals surface area contributed by atoms with Crippen molar-refractivity contribution in [3.05, 3.63) is 17.7 Å². The Kier molecular flexibility index (Phi) is 8.38. The van der Waals surface area contributed by atoms with Gasteiger partial charge in [-0.05, 0) is 30.9 Å². The third-order valence-electron chi connectivity index (χ3n) is 4.98. The van der Waals surface area contributed by atoms with Crippen molar-refractivity contribution in [2.45, 2.75) is 25.7 Å². The second kappa shape index (κ2) is 10.8. The maximum atomic E-state index is 12.7. The van der Waals surface area contributed by atoms with E-state index in [1.807, 2.05) is 6.07 Å². The van der Waals surface area contributed by atoms with E-state index in [0.717, 1.165) is 18.4 Å².